The van der Waals surface area contributed by atoms with E-state index < -0.39 is 37.3 Å². The van der Waals surface area contributed by atoms with E-state index in [0.29, 0.717) is 17.1 Å². The van der Waals surface area contributed by atoms with Gasteiger partial charge in [-0.1, -0.05) is 6.07 Å². The fourth-order valence-corrected chi connectivity index (χ4v) is 3.88. The first kappa shape index (κ1) is 24.8. The van der Waals surface area contributed by atoms with E-state index in [1.807, 2.05) is 0 Å². The standard InChI is InChI=1S/C24H26O11/c1-30-14-5-4-11(6-16(14)31-2)13-10-33-15-8-18(17(32-3)7-12(15)20(13)26)34-24-23(29)22(28)21(27)19(9-25)35-24/h4-8,10,19,21-25,27-29H,9H2,1-3H3/t19?,21-,22-,23?,24-/m1/s1. The van der Waals surface area contributed by atoms with Gasteiger partial charge in [0.1, 0.15) is 36.3 Å². The van der Waals surface area contributed by atoms with Crippen molar-refractivity contribution in [1.82, 2.24) is 0 Å². The third kappa shape index (κ3) is 4.51. The molecule has 1 aliphatic heterocycles. The Morgan fingerprint density at radius 2 is 1.54 bits per heavy atom. The Morgan fingerprint density at radius 1 is 0.857 bits per heavy atom. The van der Waals surface area contributed by atoms with Crippen LogP contribution < -0.4 is 24.4 Å². The fourth-order valence-electron chi connectivity index (χ4n) is 3.88. The lowest BCUT2D eigenvalue weighted by Gasteiger charge is -2.39. The minimum atomic E-state index is -1.62. The van der Waals surface area contributed by atoms with Crippen LogP contribution in [0, 0.1) is 0 Å². The highest BCUT2D eigenvalue weighted by Crippen LogP contribution is 2.36. The average Bonchev–Trinajstić information content (AvgIpc) is 2.88. The van der Waals surface area contributed by atoms with Crippen LogP contribution in [0.3, 0.4) is 0 Å². The van der Waals surface area contributed by atoms with Gasteiger partial charge in [0.25, 0.3) is 0 Å². The molecule has 0 aliphatic carbocycles. The van der Waals surface area contributed by atoms with Crippen LogP contribution >= 0.6 is 0 Å². The number of rotatable bonds is 7. The summed E-state index contributed by atoms with van der Waals surface area (Å²) in [5.41, 5.74) is 0.665. The first-order chi connectivity index (χ1) is 16.8. The van der Waals surface area contributed by atoms with Crippen molar-refractivity contribution in [3.8, 4) is 34.1 Å². The number of hydrogen-bond donors (Lipinski definition) is 4. The van der Waals surface area contributed by atoms with Crippen molar-refractivity contribution in [2.24, 2.45) is 0 Å². The van der Waals surface area contributed by atoms with Crippen molar-refractivity contribution in [2.75, 3.05) is 27.9 Å². The minimum absolute atomic E-state index is 0.0475. The highest BCUT2D eigenvalue weighted by Gasteiger charge is 2.45. The second-order valence-electron chi connectivity index (χ2n) is 7.86. The molecule has 4 N–H and O–H groups in total. The summed E-state index contributed by atoms with van der Waals surface area (Å²) >= 11 is 0. The highest BCUT2D eigenvalue weighted by atomic mass is 16.7. The molecule has 2 aromatic carbocycles. The number of ether oxygens (including phenoxy) is 5. The van der Waals surface area contributed by atoms with Crippen LogP contribution in [0.4, 0.5) is 0 Å². The normalized spacial score (nSPS) is 24.3. The Balaban J connectivity index is 1.72. The predicted octanol–water partition coefficient (Wildman–Crippen LogP) is 0.665. The molecular weight excluding hydrogens is 464 g/mol. The summed E-state index contributed by atoms with van der Waals surface area (Å²) in [5.74, 6) is 1.14. The van der Waals surface area contributed by atoms with Gasteiger partial charge in [0.2, 0.25) is 11.7 Å². The zero-order valence-electron chi connectivity index (χ0n) is 19.2. The lowest BCUT2D eigenvalue weighted by Crippen LogP contribution is -2.60. The summed E-state index contributed by atoms with van der Waals surface area (Å²) in [6.45, 7) is -0.604. The number of aliphatic hydroxyl groups is 4. The molecule has 11 nitrogen and oxygen atoms in total. The predicted molar refractivity (Wildman–Crippen MR) is 122 cm³/mol. The molecule has 1 aliphatic rings. The van der Waals surface area contributed by atoms with Gasteiger partial charge in [-0.05, 0) is 23.8 Å². The second-order valence-corrected chi connectivity index (χ2v) is 7.86. The molecule has 0 saturated carbocycles. The molecule has 1 fully saturated rings. The molecule has 188 valence electrons. The SMILES string of the molecule is COc1ccc(-c2coc3cc(O[C@@H]4OC(CO)[C@@H](O)[C@@H](O)C4O)c(OC)cc3c2=O)cc1OC. The van der Waals surface area contributed by atoms with Gasteiger partial charge in [0.05, 0.1) is 38.9 Å². The van der Waals surface area contributed by atoms with Crippen LogP contribution in [-0.4, -0.2) is 79.1 Å². The van der Waals surface area contributed by atoms with Crippen molar-refractivity contribution in [1.29, 1.82) is 0 Å². The summed E-state index contributed by atoms with van der Waals surface area (Å²) in [7, 11) is 4.37. The second kappa shape index (κ2) is 10.1. The molecule has 11 heteroatoms. The number of fused-ring (bicyclic) bond motifs is 1. The maximum Gasteiger partial charge on any atom is 0.229 e. The number of aliphatic hydroxyl groups excluding tert-OH is 4. The van der Waals surface area contributed by atoms with Gasteiger partial charge in [-0.15, -0.1) is 0 Å². The Morgan fingerprint density at radius 3 is 2.20 bits per heavy atom. The number of methoxy groups -OCH3 is 3. The molecule has 1 saturated heterocycles. The van der Waals surface area contributed by atoms with Gasteiger partial charge in [-0.25, -0.2) is 0 Å². The van der Waals surface area contributed by atoms with Crippen LogP contribution in [0.15, 0.2) is 45.8 Å². The first-order valence-electron chi connectivity index (χ1n) is 10.7. The van der Waals surface area contributed by atoms with Gasteiger partial charge >= 0.3 is 0 Å². The van der Waals surface area contributed by atoms with Crippen molar-refractivity contribution < 1.29 is 48.5 Å². The smallest absolute Gasteiger partial charge is 0.229 e. The van der Waals surface area contributed by atoms with E-state index in [1.165, 1.54) is 39.7 Å². The summed E-state index contributed by atoms with van der Waals surface area (Å²) in [6.07, 6.45) is -6.04. The van der Waals surface area contributed by atoms with Crippen LogP contribution in [0.25, 0.3) is 22.1 Å². The van der Waals surface area contributed by atoms with Gasteiger partial charge in [0, 0.05) is 6.07 Å². The van der Waals surface area contributed by atoms with Crippen LogP contribution in [-0.2, 0) is 4.74 Å². The molecule has 2 unspecified atom stereocenters. The largest absolute Gasteiger partial charge is 0.493 e. The van der Waals surface area contributed by atoms with E-state index in [-0.39, 0.29) is 33.5 Å². The Kier molecular flexibility index (Phi) is 7.15. The third-order valence-corrected chi connectivity index (χ3v) is 5.84. The molecule has 0 bridgehead atoms. The molecule has 35 heavy (non-hydrogen) atoms. The van der Waals surface area contributed by atoms with Crippen LogP contribution in [0.5, 0.6) is 23.0 Å². The van der Waals surface area contributed by atoms with Crippen LogP contribution in [0.2, 0.25) is 0 Å². The van der Waals surface area contributed by atoms with E-state index in [2.05, 4.69) is 0 Å². The maximum absolute atomic E-state index is 13.3. The quantitative estimate of drug-likeness (QED) is 0.369. The Labute approximate surface area is 199 Å². The van der Waals surface area contributed by atoms with Crippen molar-refractivity contribution in [2.45, 2.75) is 30.7 Å². The topological polar surface area (TPSA) is 157 Å². The van der Waals surface area contributed by atoms with Gasteiger partial charge in [-0.2, -0.15) is 0 Å². The van der Waals surface area contributed by atoms with E-state index >= 15 is 0 Å². The van der Waals surface area contributed by atoms with Crippen LogP contribution in [0.1, 0.15) is 0 Å². The minimum Gasteiger partial charge on any atom is -0.493 e. The average molecular weight is 490 g/mol. The number of benzene rings is 2. The van der Waals surface area contributed by atoms with E-state index in [4.69, 9.17) is 28.1 Å². The molecule has 4 rings (SSSR count). The van der Waals surface area contributed by atoms with Gasteiger partial charge in [-0.3, -0.25) is 4.79 Å². The summed E-state index contributed by atoms with van der Waals surface area (Å²) in [5, 5.41) is 39.8. The zero-order chi connectivity index (χ0) is 25.3. The molecule has 1 aromatic heterocycles. The maximum atomic E-state index is 13.3. The Hall–Kier alpha value is -3.35. The summed E-state index contributed by atoms with van der Waals surface area (Å²) in [6, 6.07) is 7.84. The fraction of sp³-hybridized carbons (Fsp3) is 0.375. The van der Waals surface area contributed by atoms with E-state index in [9.17, 15) is 25.2 Å². The molecule has 0 amide bonds. The summed E-state index contributed by atoms with van der Waals surface area (Å²) in [4.78, 5) is 13.3. The molecule has 3 aromatic rings. The monoisotopic (exact) mass is 490 g/mol. The number of hydrogen-bond acceptors (Lipinski definition) is 11. The molecule has 5 atom stereocenters. The molecular formula is C24H26O11. The third-order valence-electron chi connectivity index (χ3n) is 5.84. The van der Waals surface area contributed by atoms with Crippen molar-refractivity contribution in [3.63, 3.8) is 0 Å². The molecule has 2 heterocycles. The van der Waals surface area contributed by atoms with Crippen molar-refractivity contribution in [3.05, 3.63) is 46.8 Å². The summed E-state index contributed by atoms with van der Waals surface area (Å²) < 4.78 is 32.7. The van der Waals surface area contributed by atoms with Crippen molar-refractivity contribution >= 4 is 11.0 Å². The molecule has 0 radical (unpaired) electrons. The highest BCUT2D eigenvalue weighted by molar-refractivity contribution is 5.85. The van der Waals surface area contributed by atoms with Gasteiger partial charge < -0.3 is 48.5 Å². The first-order valence-corrected chi connectivity index (χ1v) is 10.7. The lowest BCUT2D eigenvalue weighted by atomic mass is 9.99. The zero-order valence-corrected chi connectivity index (χ0v) is 19.2. The van der Waals surface area contributed by atoms with E-state index in [0.717, 1.165) is 0 Å². The van der Waals surface area contributed by atoms with Gasteiger partial charge in [0.15, 0.2) is 23.0 Å². The van der Waals surface area contributed by atoms with E-state index in [1.54, 1.807) is 18.2 Å². The molecule has 0 spiro atoms. The lowest BCUT2D eigenvalue weighted by molar-refractivity contribution is -0.277. The Bertz CT molecular complexity index is 1250.